The molecule has 31 heavy (non-hydrogen) atoms. The van der Waals surface area contributed by atoms with Crippen molar-refractivity contribution < 1.29 is 20.1 Å². The van der Waals surface area contributed by atoms with Gasteiger partial charge in [0, 0.05) is 6.42 Å². The SMILES string of the molecule is CCCCCCCCCCC#Cc1nc(N)c2ncn([C@@H]3O[C@H](CO)[C@@H](O)[C@H]3O)c2n1. The number of unbranched alkanes of at least 4 members (excludes halogenated alkanes) is 8. The van der Waals surface area contributed by atoms with Gasteiger partial charge >= 0.3 is 0 Å². The molecule has 0 aliphatic carbocycles. The summed E-state index contributed by atoms with van der Waals surface area (Å²) in [6.45, 7) is 1.82. The van der Waals surface area contributed by atoms with Gasteiger partial charge in [0.05, 0.1) is 12.9 Å². The molecule has 0 aromatic carbocycles. The van der Waals surface area contributed by atoms with Gasteiger partial charge in [0.25, 0.3) is 0 Å². The first-order valence-electron chi connectivity index (χ1n) is 11.2. The summed E-state index contributed by atoms with van der Waals surface area (Å²) in [6.07, 6.45) is 7.90. The van der Waals surface area contributed by atoms with E-state index in [0.29, 0.717) is 11.2 Å². The van der Waals surface area contributed by atoms with Crippen LogP contribution < -0.4 is 5.73 Å². The Morgan fingerprint density at radius 3 is 2.45 bits per heavy atom. The van der Waals surface area contributed by atoms with E-state index in [1.54, 1.807) is 0 Å². The maximum absolute atomic E-state index is 10.3. The number of hydrogen-bond acceptors (Lipinski definition) is 8. The molecule has 9 heteroatoms. The number of nitrogens with zero attached hydrogens (tertiary/aromatic N) is 4. The zero-order chi connectivity index (χ0) is 22.2. The Morgan fingerprint density at radius 2 is 1.77 bits per heavy atom. The predicted molar refractivity (Wildman–Crippen MR) is 117 cm³/mol. The van der Waals surface area contributed by atoms with E-state index in [0.717, 1.165) is 12.8 Å². The van der Waals surface area contributed by atoms with E-state index in [9.17, 15) is 15.3 Å². The van der Waals surface area contributed by atoms with Gasteiger partial charge in [-0.2, -0.15) is 0 Å². The third-order valence-electron chi connectivity index (χ3n) is 5.60. The predicted octanol–water partition coefficient (Wildman–Crippen LogP) is 1.90. The maximum Gasteiger partial charge on any atom is 0.208 e. The minimum atomic E-state index is -1.23. The van der Waals surface area contributed by atoms with Crippen LogP contribution in [-0.2, 0) is 4.74 Å². The van der Waals surface area contributed by atoms with E-state index in [2.05, 4.69) is 33.7 Å². The molecule has 9 nitrogen and oxygen atoms in total. The highest BCUT2D eigenvalue weighted by molar-refractivity contribution is 5.82. The van der Waals surface area contributed by atoms with Crippen molar-refractivity contribution in [2.24, 2.45) is 0 Å². The Balaban J connectivity index is 1.61. The third kappa shape index (κ3) is 5.71. The molecule has 0 spiro atoms. The number of fused-ring (bicyclic) bond motifs is 1. The molecule has 3 rings (SSSR count). The van der Waals surface area contributed by atoms with E-state index in [-0.39, 0.29) is 11.6 Å². The summed E-state index contributed by atoms with van der Waals surface area (Å²) < 4.78 is 7.06. The minimum absolute atomic E-state index is 0.187. The highest BCUT2D eigenvalue weighted by Gasteiger charge is 2.44. The van der Waals surface area contributed by atoms with Crippen LogP contribution in [-0.4, -0.2) is 59.8 Å². The summed E-state index contributed by atoms with van der Waals surface area (Å²) in [5.41, 5.74) is 6.74. The molecule has 1 aliphatic heterocycles. The minimum Gasteiger partial charge on any atom is -0.394 e. The lowest BCUT2D eigenvalue weighted by Gasteiger charge is -2.16. The molecule has 5 N–H and O–H groups in total. The first kappa shape index (κ1) is 23.4. The summed E-state index contributed by atoms with van der Waals surface area (Å²) >= 11 is 0. The molecule has 0 unspecified atom stereocenters. The third-order valence-corrected chi connectivity index (χ3v) is 5.60. The first-order valence-corrected chi connectivity index (χ1v) is 11.2. The average Bonchev–Trinajstić information content (AvgIpc) is 3.31. The number of rotatable bonds is 10. The molecule has 0 amide bonds. The Kier molecular flexibility index (Phi) is 8.60. The van der Waals surface area contributed by atoms with Crippen LogP contribution in [0.1, 0.15) is 76.8 Å². The molecule has 1 saturated heterocycles. The Hall–Kier alpha value is -2.25. The number of nitrogens with two attached hydrogens (primary N) is 1. The van der Waals surface area contributed by atoms with Gasteiger partial charge in [0.2, 0.25) is 5.82 Å². The highest BCUT2D eigenvalue weighted by atomic mass is 16.6. The molecule has 170 valence electrons. The maximum atomic E-state index is 10.3. The van der Waals surface area contributed by atoms with Crippen LogP contribution in [0.25, 0.3) is 11.2 Å². The lowest BCUT2D eigenvalue weighted by atomic mass is 10.1. The summed E-state index contributed by atoms with van der Waals surface area (Å²) in [7, 11) is 0. The van der Waals surface area contributed by atoms with Crippen LogP contribution in [0.15, 0.2) is 6.33 Å². The molecule has 2 aromatic rings. The standard InChI is InChI=1S/C22H33N5O4/c1-2-3-4-5-6-7-8-9-10-11-12-16-25-20(23)17-21(26-16)27(14-24-17)22-19(30)18(29)15(13-28)31-22/h14-15,18-19,22,28-30H,2-10,13H2,1H3,(H2,23,25,26)/t15-,18-,19-,22-/m1/s1. The van der Waals surface area contributed by atoms with Gasteiger partial charge in [-0.3, -0.25) is 4.57 Å². The van der Waals surface area contributed by atoms with Crippen molar-refractivity contribution in [1.29, 1.82) is 0 Å². The smallest absolute Gasteiger partial charge is 0.208 e. The van der Waals surface area contributed by atoms with Gasteiger partial charge in [-0.15, -0.1) is 0 Å². The van der Waals surface area contributed by atoms with E-state index < -0.39 is 31.1 Å². The van der Waals surface area contributed by atoms with Crippen molar-refractivity contribution in [1.82, 2.24) is 19.5 Å². The molecule has 4 atom stereocenters. The van der Waals surface area contributed by atoms with Crippen molar-refractivity contribution >= 4 is 17.0 Å². The number of nitrogen functional groups attached to an aromatic ring is 1. The summed E-state index contributed by atoms with van der Waals surface area (Å²) in [4.78, 5) is 12.8. The highest BCUT2D eigenvalue weighted by Crippen LogP contribution is 2.31. The van der Waals surface area contributed by atoms with Crippen molar-refractivity contribution in [2.75, 3.05) is 12.3 Å². The monoisotopic (exact) mass is 431 g/mol. The lowest BCUT2D eigenvalue weighted by Crippen LogP contribution is -2.33. The molecular formula is C22H33N5O4. The number of aliphatic hydroxyl groups is 3. The molecule has 1 fully saturated rings. The largest absolute Gasteiger partial charge is 0.394 e. The van der Waals surface area contributed by atoms with Gasteiger partial charge in [-0.25, -0.2) is 15.0 Å². The van der Waals surface area contributed by atoms with Gasteiger partial charge < -0.3 is 25.8 Å². The van der Waals surface area contributed by atoms with Gasteiger partial charge in [0.15, 0.2) is 17.7 Å². The summed E-state index contributed by atoms with van der Waals surface area (Å²) in [6, 6.07) is 0. The number of hydrogen-bond donors (Lipinski definition) is 4. The topological polar surface area (TPSA) is 140 Å². The molecule has 0 bridgehead atoms. The molecule has 0 radical (unpaired) electrons. The van der Waals surface area contributed by atoms with Crippen molar-refractivity contribution in [3.8, 4) is 11.8 Å². The fraction of sp³-hybridized carbons (Fsp3) is 0.682. The second-order valence-electron chi connectivity index (χ2n) is 8.01. The Bertz CT molecular complexity index is 906. The summed E-state index contributed by atoms with van der Waals surface area (Å²) in [5, 5.41) is 29.6. The van der Waals surface area contributed by atoms with Crippen LogP contribution in [0.4, 0.5) is 5.82 Å². The summed E-state index contributed by atoms with van der Waals surface area (Å²) in [5.74, 6) is 6.52. The normalized spacial score (nSPS) is 23.2. The first-order chi connectivity index (χ1) is 15.1. The van der Waals surface area contributed by atoms with Crippen LogP contribution >= 0.6 is 0 Å². The van der Waals surface area contributed by atoms with Crippen LogP contribution in [0.2, 0.25) is 0 Å². The number of imidazole rings is 1. The van der Waals surface area contributed by atoms with E-state index >= 15 is 0 Å². The van der Waals surface area contributed by atoms with E-state index in [4.69, 9.17) is 10.5 Å². The van der Waals surface area contributed by atoms with Crippen LogP contribution in [0.5, 0.6) is 0 Å². The van der Waals surface area contributed by atoms with Gasteiger partial charge in [-0.1, -0.05) is 57.8 Å². The second-order valence-corrected chi connectivity index (χ2v) is 8.01. The average molecular weight is 432 g/mol. The number of anilines is 1. The molecular weight excluding hydrogens is 398 g/mol. The van der Waals surface area contributed by atoms with Crippen LogP contribution in [0.3, 0.4) is 0 Å². The number of aromatic nitrogens is 4. The quantitative estimate of drug-likeness (QED) is 0.330. The molecule has 1 aliphatic rings. The molecule has 0 saturated carbocycles. The number of ether oxygens (including phenoxy) is 1. The van der Waals surface area contributed by atoms with E-state index in [1.807, 2.05) is 0 Å². The van der Waals surface area contributed by atoms with Crippen molar-refractivity contribution in [3.63, 3.8) is 0 Å². The second kappa shape index (κ2) is 11.4. The molecule has 2 aromatic heterocycles. The Labute approximate surface area is 182 Å². The lowest BCUT2D eigenvalue weighted by molar-refractivity contribution is -0.0511. The van der Waals surface area contributed by atoms with E-state index in [1.165, 1.54) is 55.8 Å². The number of aliphatic hydroxyl groups excluding tert-OH is 3. The fourth-order valence-corrected chi connectivity index (χ4v) is 3.78. The van der Waals surface area contributed by atoms with Crippen molar-refractivity contribution in [2.45, 2.75) is 89.3 Å². The zero-order valence-corrected chi connectivity index (χ0v) is 18.1. The van der Waals surface area contributed by atoms with Gasteiger partial charge in [-0.05, 0) is 12.3 Å². The Morgan fingerprint density at radius 1 is 1.06 bits per heavy atom. The fourth-order valence-electron chi connectivity index (χ4n) is 3.78. The molecule has 3 heterocycles. The van der Waals surface area contributed by atoms with Gasteiger partial charge in [0.1, 0.15) is 23.8 Å². The van der Waals surface area contributed by atoms with Crippen molar-refractivity contribution in [3.05, 3.63) is 12.2 Å². The van der Waals surface area contributed by atoms with Crippen LogP contribution in [0, 0.1) is 11.8 Å². The zero-order valence-electron chi connectivity index (χ0n) is 18.1.